The van der Waals surface area contributed by atoms with Gasteiger partial charge in [0.2, 0.25) is 0 Å². The fourth-order valence-corrected chi connectivity index (χ4v) is 4.67. The lowest BCUT2D eigenvalue weighted by Crippen LogP contribution is -2.17. The monoisotopic (exact) mass is 461 g/mol. The molecule has 35 heavy (non-hydrogen) atoms. The van der Waals surface area contributed by atoms with Crippen molar-refractivity contribution < 1.29 is 14.3 Å². The summed E-state index contributed by atoms with van der Waals surface area (Å²) >= 11 is 0. The van der Waals surface area contributed by atoms with Gasteiger partial charge in [-0.3, -0.25) is 4.79 Å². The zero-order chi connectivity index (χ0) is 24.4. The molecule has 0 spiro atoms. The maximum absolute atomic E-state index is 13.8. The highest BCUT2D eigenvalue weighted by atomic mass is 16.5. The van der Waals surface area contributed by atoms with Crippen LogP contribution in [0.5, 0.6) is 11.5 Å². The molecule has 0 atom stereocenters. The summed E-state index contributed by atoms with van der Waals surface area (Å²) in [5, 5.41) is 0. The lowest BCUT2D eigenvalue weighted by atomic mass is 9.94. The van der Waals surface area contributed by atoms with Crippen molar-refractivity contribution in [3.8, 4) is 11.5 Å². The number of rotatable bonds is 7. The molecular weight excluding hydrogens is 434 g/mol. The van der Waals surface area contributed by atoms with E-state index < -0.39 is 0 Å². The van der Waals surface area contributed by atoms with Crippen molar-refractivity contribution in [3.05, 3.63) is 125 Å². The third kappa shape index (κ3) is 4.19. The van der Waals surface area contributed by atoms with Gasteiger partial charge < -0.3 is 14.4 Å². The van der Waals surface area contributed by atoms with E-state index in [9.17, 15) is 4.79 Å². The summed E-state index contributed by atoms with van der Waals surface area (Å²) in [5.74, 6) is 1.58. The average molecular weight is 462 g/mol. The molecular formula is C31H27NO3. The second kappa shape index (κ2) is 9.51. The number of nitrogens with zero attached hydrogens (tertiary/aromatic N) is 1. The first-order chi connectivity index (χ1) is 17.1. The molecule has 0 saturated carbocycles. The van der Waals surface area contributed by atoms with Gasteiger partial charge in [-0.15, -0.1) is 0 Å². The van der Waals surface area contributed by atoms with Crippen LogP contribution in [0.1, 0.15) is 32.6 Å². The minimum absolute atomic E-state index is 0.0577. The highest BCUT2D eigenvalue weighted by Gasteiger charge is 2.31. The van der Waals surface area contributed by atoms with Gasteiger partial charge in [0.05, 0.1) is 14.2 Å². The Morgan fingerprint density at radius 2 is 1.34 bits per heavy atom. The summed E-state index contributed by atoms with van der Waals surface area (Å²) in [6, 6.07) is 32.1. The molecule has 0 aliphatic heterocycles. The lowest BCUT2D eigenvalue weighted by Gasteiger charge is -2.22. The van der Waals surface area contributed by atoms with Gasteiger partial charge in [-0.05, 0) is 41.0 Å². The highest BCUT2D eigenvalue weighted by Crippen LogP contribution is 2.43. The highest BCUT2D eigenvalue weighted by molar-refractivity contribution is 6.41. The molecule has 4 aromatic rings. The quantitative estimate of drug-likeness (QED) is 0.315. The van der Waals surface area contributed by atoms with E-state index in [-0.39, 0.29) is 5.78 Å². The van der Waals surface area contributed by atoms with Gasteiger partial charge in [-0.1, -0.05) is 66.7 Å². The van der Waals surface area contributed by atoms with Crippen LogP contribution in [0, 0.1) is 0 Å². The summed E-state index contributed by atoms with van der Waals surface area (Å²) in [6.07, 6.45) is 0. The predicted molar refractivity (Wildman–Crippen MR) is 141 cm³/mol. The van der Waals surface area contributed by atoms with Crippen LogP contribution in [0.3, 0.4) is 0 Å². The first-order valence-electron chi connectivity index (χ1n) is 11.6. The van der Waals surface area contributed by atoms with Gasteiger partial charge in [-0.25, -0.2) is 0 Å². The van der Waals surface area contributed by atoms with E-state index in [0.29, 0.717) is 6.54 Å². The summed E-state index contributed by atoms with van der Waals surface area (Å²) < 4.78 is 10.9. The van der Waals surface area contributed by atoms with E-state index in [1.54, 1.807) is 14.2 Å². The van der Waals surface area contributed by atoms with Gasteiger partial charge >= 0.3 is 0 Å². The molecule has 4 aromatic carbocycles. The Bertz CT molecular complexity index is 1410. The molecule has 0 radical (unpaired) electrons. The van der Waals surface area contributed by atoms with Gasteiger partial charge in [0.25, 0.3) is 0 Å². The molecule has 0 N–H and O–H groups in total. The van der Waals surface area contributed by atoms with Gasteiger partial charge in [0.15, 0.2) is 5.78 Å². The number of benzene rings is 4. The number of anilines is 1. The SMILES string of the molecule is COc1ccc(CN(C)c2ccc3c(c2)C(=O)C(c2ccccc2)=C3c2ccccc2)c(OC)c1. The van der Waals surface area contributed by atoms with E-state index in [2.05, 4.69) is 29.2 Å². The van der Waals surface area contributed by atoms with Crippen molar-refractivity contribution in [1.82, 2.24) is 0 Å². The Balaban J connectivity index is 1.53. The van der Waals surface area contributed by atoms with Crippen LogP contribution in [-0.4, -0.2) is 27.1 Å². The number of ether oxygens (including phenoxy) is 2. The van der Waals surface area contributed by atoms with Crippen molar-refractivity contribution in [2.24, 2.45) is 0 Å². The molecule has 174 valence electrons. The number of carbonyl (C=O) groups is 1. The summed E-state index contributed by atoms with van der Waals surface area (Å²) in [6.45, 7) is 0.630. The fourth-order valence-electron chi connectivity index (χ4n) is 4.67. The zero-order valence-electron chi connectivity index (χ0n) is 20.1. The number of hydrogen-bond acceptors (Lipinski definition) is 4. The number of fused-ring (bicyclic) bond motifs is 1. The number of ketones is 1. The Labute approximate surface area is 206 Å². The van der Waals surface area contributed by atoms with Crippen molar-refractivity contribution in [2.75, 3.05) is 26.2 Å². The third-order valence-electron chi connectivity index (χ3n) is 6.46. The number of carbonyl (C=O) groups excluding carboxylic acids is 1. The smallest absolute Gasteiger partial charge is 0.194 e. The maximum atomic E-state index is 13.8. The van der Waals surface area contributed by atoms with E-state index >= 15 is 0 Å². The molecule has 4 heteroatoms. The van der Waals surface area contributed by atoms with Crippen LogP contribution < -0.4 is 14.4 Å². The molecule has 1 aliphatic carbocycles. The minimum atomic E-state index is 0.0577. The van der Waals surface area contributed by atoms with E-state index in [4.69, 9.17) is 9.47 Å². The van der Waals surface area contributed by atoms with Crippen molar-refractivity contribution >= 4 is 22.6 Å². The zero-order valence-corrected chi connectivity index (χ0v) is 20.1. The average Bonchev–Trinajstić information content (AvgIpc) is 3.21. The molecule has 0 unspecified atom stereocenters. The van der Waals surface area contributed by atoms with Crippen LogP contribution in [0.2, 0.25) is 0 Å². The first-order valence-corrected chi connectivity index (χ1v) is 11.6. The lowest BCUT2D eigenvalue weighted by molar-refractivity contribution is 0.105. The first kappa shape index (κ1) is 22.5. The Kier molecular flexibility index (Phi) is 6.11. The predicted octanol–water partition coefficient (Wildman–Crippen LogP) is 6.50. The summed E-state index contributed by atoms with van der Waals surface area (Å²) in [7, 11) is 5.33. The molecule has 0 bridgehead atoms. The maximum Gasteiger partial charge on any atom is 0.194 e. The van der Waals surface area contributed by atoms with Crippen LogP contribution in [0.15, 0.2) is 97.1 Å². The molecule has 0 saturated heterocycles. The van der Waals surface area contributed by atoms with Gasteiger partial charge in [0.1, 0.15) is 11.5 Å². The molecule has 0 fully saturated rings. The van der Waals surface area contributed by atoms with Gasteiger partial charge in [0, 0.05) is 47.6 Å². The van der Waals surface area contributed by atoms with Crippen LogP contribution in [0.25, 0.3) is 11.1 Å². The minimum Gasteiger partial charge on any atom is -0.497 e. The number of methoxy groups -OCH3 is 2. The summed E-state index contributed by atoms with van der Waals surface area (Å²) in [4.78, 5) is 15.9. The molecule has 4 nitrogen and oxygen atoms in total. The number of allylic oxidation sites excluding steroid dienone is 1. The molecule has 0 heterocycles. The second-order valence-electron chi connectivity index (χ2n) is 8.57. The fraction of sp³-hybridized carbons (Fsp3) is 0.129. The van der Waals surface area contributed by atoms with E-state index in [0.717, 1.165) is 56.1 Å². The largest absolute Gasteiger partial charge is 0.497 e. The Morgan fingerprint density at radius 3 is 1.97 bits per heavy atom. The Morgan fingerprint density at radius 1 is 0.686 bits per heavy atom. The van der Waals surface area contributed by atoms with Crippen LogP contribution >= 0.6 is 0 Å². The molecule has 1 aliphatic rings. The second-order valence-corrected chi connectivity index (χ2v) is 8.57. The Hall–Kier alpha value is -4.31. The third-order valence-corrected chi connectivity index (χ3v) is 6.46. The molecule has 5 rings (SSSR count). The van der Waals surface area contributed by atoms with Crippen LogP contribution in [0.4, 0.5) is 5.69 Å². The normalized spacial score (nSPS) is 12.5. The summed E-state index contributed by atoms with van der Waals surface area (Å²) in [5.41, 5.74) is 7.43. The topological polar surface area (TPSA) is 38.8 Å². The van der Waals surface area contributed by atoms with Crippen molar-refractivity contribution in [2.45, 2.75) is 6.54 Å². The van der Waals surface area contributed by atoms with E-state index in [1.165, 1.54) is 0 Å². The van der Waals surface area contributed by atoms with Gasteiger partial charge in [-0.2, -0.15) is 0 Å². The van der Waals surface area contributed by atoms with Crippen molar-refractivity contribution in [1.29, 1.82) is 0 Å². The van der Waals surface area contributed by atoms with E-state index in [1.807, 2.05) is 79.8 Å². The number of hydrogen-bond donors (Lipinski definition) is 0. The molecule has 0 amide bonds. The van der Waals surface area contributed by atoms with Crippen LogP contribution in [-0.2, 0) is 6.54 Å². The standard InChI is InChI=1S/C31H27NO3/c1-32(20-23-14-16-25(34-2)19-28(23)35-3)24-15-17-26-27(18-24)31(33)30(22-12-8-5-9-13-22)29(26)21-10-6-4-7-11-21/h4-19H,20H2,1-3H3. The number of Topliss-reactive ketones (excluding diaryl/α,β-unsaturated/α-hetero) is 1. The van der Waals surface area contributed by atoms with Crippen molar-refractivity contribution in [3.63, 3.8) is 0 Å². The molecule has 0 aromatic heterocycles.